The van der Waals surface area contributed by atoms with Crippen molar-refractivity contribution in [3.05, 3.63) is 59.2 Å². The molecule has 0 saturated heterocycles. The molecule has 136 valence electrons. The summed E-state index contributed by atoms with van der Waals surface area (Å²) in [5.41, 5.74) is 3.19. The number of amides is 2. The molecule has 0 radical (unpaired) electrons. The Morgan fingerprint density at radius 2 is 1.69 bits per heavy atom. The van der Waals surface area contributed by atoms with Gasteiger partial charge in [0.05, 0.1) is 5.56 Å². The molecule has 0 bridgehead atoms. The lowest BCUT2D eigenvalue weighted by molar-refractivity contribution is -0.137. The van der Waals surface area contributed by atoms with Gasteiger partial charge in [0.2, 0.25) is 0 Å². The molecule has 1 aliphatic carbocycles. The average Bonchev–Trinajstić information content (AvgIpc) is 3.44. The molecule has 0 aromatic heterocycles. The Morgan fingerprint density at radius 1 is 1.00 bits per heavy atom. The minimum atomic E-state index is -4.33. The molecule has 2 amide bonds. The number of rotatable bonds is 2. The fraction of sp³-hybridized carbons (Fsp3) is 0.350. The van der Waals surface area contributed by atoms with Gasteiger partial charge in [0.25, 0.3) is 0 Å². The molecule has 2 aromatic carbocycles. The Hall–Kier alpha value is -2.50. The zero-order chi connectivity index (χ0) is 18.3. The van der Waals surface area contributed by atoms with Crippen LogP contribution in [0.2, 0.25) is 0 Å². The molecule has 3 nitrogen and oxygen atoms in total. The summed E-state index contributed by atoms with van der Waals surface area (Å²) in [6.07, 6.45) is -1.44. The van der Waals surface area contributed by atoms with Gasteiger partial charge in [-0.15, -0.1) is 0 Å². The number of urea groups is 1. The number of hydrogen-bond donors (Lipinski definition) is 1. The Balaban J connectivity index is 1.54. The summed E-state index contributed by atoms with van der Waals surface area (Å²) in [6.45, 7) is 1.22. The molecule has 1 heterocycles. The molecule has 2 aliphatic rings. The van der Waals surface area contributed by atoms with Gasteiger partial charge in [-0.2, -0.15) is 13.2 Å². The van der Waals surface area contributed by atoms with E-state index in [1.165, 1.54) is 17.7 Å². The Labute approximate surface area is 149 Å². The molecule has 1 aliphatic heterocycles. The van der Waals surface area contributed by atoms with E-state index in [2.05, 4.69) is 5.32 Å². The highest BCUT2D eigenvalue weighted by Crippen LogP contribution is 2.32. The van der Waals surface area contributed by atoms with Crippen LogP contribution in [0.1, 0.15) is 29.5 Å². The smallest absolute Gasteiger partial charge is 0.335 e. The van der Waals surface area contributed by atoms with Gasteiger partial charge < -0.3 is 10.2 Å². The van der Waals surface area contributed by atoms with Crippen LogP contribution in [-0.2, 0) is 19.1 Å². The summed E-state index contributed by atoms with van der Waals surface area (Å²) < 4.78 is 38.2. The second kappa shape index (κ2) is 6.34. The van der Waals surface area contributed by atoms with Crippen molar-refractivity contribution in [3.8, 4) is 11.1 Å². The van der Waals surface area contributed by atoms with Crippen LogP contribution < -0.4 is 5.32 Å². The summed E-state index contributed by atoms with van der Waals surface area (Å²) in [6, 6.07) is 11.4. The van der Waals surface area contributed by atoms with E-state index in [9.17, 15) is 18.0 Å². The predicted octanol–water partition coefficient (Wildman–Crippen LogP) is 4.60. The quantitative estimate of drug-likeness (QED) is 0.834. The van der Waals surface area contributed by atoms with Crippen molar-refractivity contribution in [2.24, 2.45) is 0 Å². The van der Waals surface area contributed by atoms with Crippen molar-refractivity contribution in [1.29, 1.82) is 0 Å². The van der Waals surface area contributed by atoms with Crippen LogP contribution in [0, 0.1) is 0 Å². The number of nitrogens with one attached hydrogen (secondary N) is 1. The van der Waals surface area contributed by atoms with E-state index in [1.54, 1.807) is 4.90 Å². The Bertz CT molecular complexity index is 826. The van der Waals surface area contributed by atoms with Gasteiger partial charge in [0.15, 0.2) is 0 Å². The highest BCUT2D eigenvalue weighted by molar-refractivity contribution is 5.75. The number of carbonyl (C=O) groups is 1. The van der Waals surface area contributed by atoms with Gasteiger partial charge in [-0.25, -0.2) is 4.79 Å². The highest BCUT2D eigenvalue weighted by Gasteiger charge is 2.30. The molecule has 4 rings (SSSR count). The standard InChI is InChI=1S/C20H19F3N2O/c21-20(22,23)17-5-3-13(4-6-17)15-2-1-14-9-10-25(12-16(14)11-15)19(26)24-18-7-8-18/h1-6,11,18H,7-10,12H2,(H,24,26). The largest absolute Gasteiger partial charge is 0.416 e. The normalized spacial score (nSPS) is 17.0. The molecule has 0 spiro atoms. The van der Waals surface area contributed by atoms with Gasteiger partial charge in [-0.1, -0.05) is 24.3 Å². The number of halogens is 3. The van der Waals surface area contributed by atoms with E-state index < -0.39 is 11.7 Å². The molecule has 0 atom stereocenters. The third-order valence-electron chi connectivity index (χ3n) is 4.96. The minimum absolute atomic E-state index is 0.0296. The second-order valence-electron chi connectivity index (χ2n) is 6.95. The maximum Gasteiger partial charge on any atom is 0.416 e. The number of alkyl halides is 3. The summed E-state index contributed by atoms with van der Waals surface area (Å²) in [5, 5.41) is 3.00. The number of nitrogens with zero attached hydrogens (tertiary/aromatic N) is 1. The van der Waals surface area contributed by atoms with E-state index in [4.69, 9.17) is 0 Å². The predicted molar refractivity (Wildman–Crippen MR) is 92.5 cm³/mol. The molecular formula is C20H19F3N2O. The second-order valence-corrected chi connectivity index (χ2v) is 6.95. The van der Waals surface area contributed by atoms with Gasteiger partial charge >= 0.3 is 12.2 Å². The molecule has 6 heteroatoms. The summed E-state index contributed by atoms with van der Waals surface area (Å²) >= 11 is 0. The van der Waals surface area contributed by atoms with Crippen molar-refractivity contribution in [2.45, 2.75) is 38.0 Å². The first kappa shape index (κ1) is 16.9. The van der Waals surface area contributed by atoms with E-state index >= 15 is 0 Å². The van der Waals surface area contributed by atoms with Crippen LogP contribution in [0.25, 0.3) is 11.1 Å². The molecule has 1 N–H and O–H groups in total. The van der Waals surface area contributed by atoms with Crippen LogP contribution >= 0.6 is 0 Å². The lowest BCUT2D eigenvalue weighted by atomic mass is 9.94. The maximum atomic E-state index is 12.7. The molecule has 26 heavy (non-hydrogen) atoms. The lowest BCUT2D eigenvalue weighted by Gasteiger charge is -2.29. The van der Waals surface area contributed by atoms with Crippen molar-refractivity contribution >= 4 is 6.03 Å². The van der Waals surface area contributed by atoms with Crippen LogP contribution in [0.4, 0.5) is 18.0 Å². The van der Waals surface area contributed by atoms with Crippen LogP contribution in [0.3, 0.4) is 0 Å². The average molecular weight is 360 g/mol. The summed E-state index contributed by atoms with van der Waals surface area (Å²) in [4.78, 5) is 14.1. The molecule has 1 fully saturated rings. The van der Waals surface area contributed by atoms with Crippen LogP contribution in [0.5, 0.6) is 0 Å². The monoisotopic (exact) mass is 360 g/mol. The Morgan fingerprint density at radius 3 is 2.35 bits per heavy atom. The maximum absolute atomic E-state index is 12.7. The number of hydrogen-bond acceptors (Lipinski definition) is 1. The zero-order valence-corrected chi connectivity index (χ0v) is 14.1. The first-order valence-electron chi connectivity index (χ1n) is 8.75. The topological polar surface area (TPSA) is 32.3 Å². The molecule has 2 aromatic rings. The third kappa shape index (κ3) is 3.54. The highest BCUT2D eigenvalue weighted by atomic mass is 19.4. The molecule has 1 saturated carbocycles. The van der Waals surface area contributed by atoms with Gasteiger partial charge in [-0.3, -0.25) is 0 Å². The minimum Gasteiger partial charge on any atom is -0.335 e. The van der Waals surface area contributed by atoms with Gasteiger partial charge in [0, 0.05) is 19.1 Å². The fourth-order valence-electron chi connectivity index (χ4n) is 3.26. The lowest BCUT2D eigenvalue weighted by Crippen LogP contribution is -2.43. The first-order chi connectivity index (χ1) is 12.4. The SMILES string of the molecule is O=C(NC1CC1)N1CCc2ccc(-c3ccc(C(F)(F)F)cc3)cc2C1. The van der Waals surface area contributed by atoms with E-state index in [1.807, 2.05) is 18.2 Å². The van der Waals surface area contributed by atoms with Crippen molar-refractivity contribution in [3.63, 3.8) is 0 Å². The number of carbonyl (C=O) groups excluding carboxylic acids is 1. The van der Waals surface area contributed by atoms with Crippen molar-refractivity contribution in [1.82, 2.24) is 10.2 Å². The molecular weight excluding hydrogens is 341 g/mol. The number of fused-ring (bicyclic) bond motifs is 1. The van der Waals surface area contributed by atoms with E-state index in [-0.39, 0.29) is 6.03 Å². The number of benzene rings is 2. The van der Waals surface area contributed by atoms with Gasteiger partial charge in [0.1, 0.15) is 0 Å². The fourth-order valence-corrected chi connectivity index (χ4v) is 3.26. The first-order valence-corrected chi connectivity index (χ1v) is 8.75. The van der Waals surface area contributed by atoms with Crippen LogP contribution in [0.15, 0.2) is 42.5 Å². The van der Waals surface area contributed by atoms with E-state index in [0.717, 1.165) is 48.1 Å². The summed E-state index contributed by atoms with van der Waals surface area (Å²) in [5.74, 6) is 0. The van der Waals surface area contributed by atoms with E-state index in [0.29, 0.717) is 19.1 Å². The van der Waals surface area contributed by atoms with Crippen LogP contribution in [-0.4, -0.2) is 23.5 Å². The molecule has 0 unspecified atom stereocenters. The Kier molecular flexibility index (Phi) is 4.13. The van der Waals surface area contributed by atoms with Crippen molar-refractivity contribution in [2.75, 3.05) is 6.54 Å². The van der Waals surface area contributed by atoms with Crippen molar-refractivity contribution < 1.29 is 18.0 Å². The zero-order valence-electron chi connectivity index (χ0n) is 14.1. The summed E-state index contributed by atoms with van der Waals surface area (Å²) in [7, 11) is 0. The third-order valence-corrected chi connectivity index (χ3v) is 4.96. The van der Waals surface area contributed by atoms with Gasteiger partial charge in [-0.05, 0) is 59.7 Å².